The molecular formula is C13H23N3O4. The first-order valence-corrected chi connectivity index (χ1v) is 7.06. The van der Waals surface area contributed by atoms with E-state index in [0.29, 0.717) is 6.54 Å². The quantitative estimate of drug-likeness (QED) is 0.688. The fourth-order valence-electron chi connectivity index (χ4n) is 3.08. The van der Waals surface area contributed by atoms with Crippen molar-refractivity contribution < 1.29 is 19.8 Å². The van der Waals surface area contributed by atoms with E-state index < -0.39 is 18.1 Å². The van der Waals surface area contributed by atoms with E-state index in [1.807, 2.05) is 14.0 Å². The summed E-state index contributed by atoms with van der Waals surface area (Å²) in [4.78, 5) is 29.0. The number of hydrogen-bond acceptors (Lipinski definition) is 4. The van der Waals surface area contributed by atoms with Crippen molar-refractivity contribution in [1.82, 2.24) is 14.7 Å². The maximum atomic E-state index is 12.6. The Morgan fingerprint density at radius 1 is 1.15 bits per heavy atom. The van der Waals surface area contributed by atoms with Crippen LogP contribution in [0.15, 0.2) is 0 Å². The lowest BCUT2D eigenvalue weighted by molar-refractivity contribution is -0.141. The minimum Gasteiger partial charge on any atom is -0.480 e. The highest BCUT2D eigenvalue weighted by atomic mass is 16.4. The number of carbonyl (C=O) groups excluding carboxylic acids is 1. The number of aliphatic hydroxyl groups is 1. The van der Waals surface area contributed by atoms with Crippen LogP contribution in [0.4, 0.5) is 4.79 Å². The fraction of sp³-hybridized carbons (Fsp3) is 0.846. The van der Waals surface area contributed by atoms with Crippen LogP contribution in [0.1, 0.15) is 19.8 Å². The maximum Gasteiger partial charge on any atom is 0.326 e. The summed E-state index contributed by atoms with van der Waals surface area (Å²) < 4.78 is 0. The van der Waals surface area contributed by atoms with E-state index in [4.69, 9.17) is 0 Å². The molecule has 0 aromatic carbocycles. The summed E-state index contributed by atoms with van der Waals surface area (Å²) in [5.74, 6) is -1.05. The Balaban J connectivity index is 2.11. The number of carbonyl (C=O) groups is 2. The lowest BCUT2D eigenvalue weighted by Crippen LogP contribution is -2.52. The van der Waals surface area contributed by atoms with Crippen molar-refractivity contribution in [2.75, 3.05) is 33.2 Å². The molecule has 2 heterocycles. The molecule has 2 saturated heterocycles. The zero-order valence-electron chi connectivity index (χ0n) is 12.0. The molecule has 2 amide bonds. The lowest BCUT2D eigenvalue weighted by atomic mass is 10.2. The molecule has 114 valence electrons. The number of likely N-dealkylation sites (N-methyl/N-ethyl adjacent to an activating group) is 1. The first-order chi connectivity index (χ1) is 9.40. The van der Waals surface area contributed by atoms with E-state index in [2.05, 4.69) is 4.90 Å². The van der Waals surface area contributed by atoms with Crippen molar-refractivity contribution in [3.05, 3.63) is 0 Å². The van der Waals surface area contributed by atoms with Gasteiger partial charge < -0.3 is 24.9 Å². The van der Waals surface area contributed by atoms with E-state index in [1.54, 1.807) is 4.90 Å². The Morgan fingerprint density at radius 3 is 2.50 bits per heavy atom. The van der Waals surface area contributed by atoms with E-state index in [-0.39, 0.29) is 25.0 Å². The largest absolute Gasteiger partial charge is 0.480 e. The van der Waals surface area contributed by atoms with Crippen molar-refractivity contribution >= 4 is 12.0 Å². The number of aliphatic carboxylic acids is 1. The van der Waals surface area contributed by atoms with Gasteiger partial charge in [0.25, 0.3) is 0 Å². The number of carboxylic acids is 1. The summed E-state index contributed by atoms with van der Waals surface area (Å²) in [5.41, 5.74) is 0. The van der Waals surface area contributed by atoms with Gasteiger partial charge in [0.2, 0.25) is 0 Å². The number of likely N-dealkylation sites (tertiary alicyclic amines) is 1. The fourth-order valence-corrected chi connectivity index (χ4v) is 3.08. The van der Waals surface area contributed by atoms with E-state index >= 15 is 0 Å². The van der Waals surface area contributed by atoms with E-state index in [1.165, 1.54) is 4.90 Å². The smallest absolute Gasteiger partial charge is 0.326 e. The number of rotatable bonds is 1. The maximum absolute atomic E-state index is 12.6. The van der Waals surface area contributed by atoms with Gasteiger partial charge in [-0.3, -0.25) is 0 Å². The molecule has 0 aromatic heterocycles. The van der Waals surface area contributed by atoms with Crippen molar-refractivity contribution in [1.29, 1.82) is 0 Å². The lowest BCUT2D eigenvalue weighted by Gasteiger charge is -2.33. The third kappa shape index (κ3) is 3.04. The predicted octanol–water partition coefficient (Wildman–Crippen LogP) is -0.348. The third-order valence-electron chi connectivity index (χ3n) is 4.10. The van der Waals surface area contributed by atoms with Gasteiger partial charge in [0.1, 0.15) is 6.04 Å². The third-order valence-corrected chi connectivity index (χ3v) is 4.10. The summed E-state index contributed by atoms with van der Waals surface area (Å²) in [6, 6.07) is -1.13. The molecule has 2 rings (SSSR count). The van der Waals surface area contributed by atoms with Crippen molar-refractivity contribution in [2.24, 2.45) is 0 Å². The van der Waals surface area contributed by atoms with Gasteiger partial charge in [-0.2, -0.15) is 0 Å². The second-order valence-electron chi connectivity index (χ2n) is 5.84. The van der Waals surface area contributed by atoms with Crippen LogP contribution in [0.25, 0.3) is 0 Å². The topological polar surface area (TPSA) is 84.3 Å². The van der Waals surface area contributed by atoms with Crippen LogP contribution < -0.4 is 0 Å². The Bertz CT molecular complexity index is 390. The van der Waals surface area contributed by atoms with Crippen molar-refractivity contribution in [3.8, 4) is 0 Å². The monoisotopic (exact) mass is 285 g/mol. The van der Waals surface area contributed by atoms with Crippen LogP contribution in [0.2, 0.25) is 0 Å². The number of urea groups is 1. The highest BCUT2D eigenvalue weighted by molar-refractivity contribution is 5.83. The zero-order chi connectivity index (χ0) is 14.9. The Morgan fingerprint density at radius 2 is 1.85 bits per heavy atom. The molecule has 0 bridgehead atoms. The molecule has 0 radical (unpaired) electrons. The highest BCUT2D eigenvalue weighted by Gasteiger charge is 2.41. The van der Waals surface area contributed by atoms with Crippen molar-refractivity contribution in [3.63, 3.8) is 0 Å². The van der Waals surface area contributed by atoms with Gasteiger partial charge in [-0.1, -0.05) is 0 Å². The molecule has 0 aromatic rings. The molecule has 0 aliphatic carbocycles. The number of nitrogens with zero attached hydrogens (tertiary/aromatic N) is 3. The molecule has 3 atom stereocenters. The Hall–Kier alpha value is -1.34. The van der Waals surface area contributed by atoms with Gasteiger partial charge in [-0.15, -0.1) is 0 Å². The number of β-amino-alcohol motifs (C(OH)–C–C–N with tert-alkyl or cyclic N) is 1. The summed E-state index contributed by atoms with van der Waals surface area (Å²) >= 11 is 0. The summed E-state index contributed by atoms with van der Waals surface area (Å²) in [6.07, 6.45) is 0.245. The highest BCUT2D eigenvalue weighted by Crippen LogP contribution is 2.22. The molecular weight excluding hydrogens is 262 g/mol. The van der Waals surface area contributed by atoms with Crippen molar-refractivity contribution in [2.45, 2.75) is 38.0 Å². The number of amides is 2. The van der Waals surface area contributed by atoms with Gasteiger partial charge in [0, 0.05) is 32.1 Å². The van der Waals surface area contributed by atoms with E-state index in [0.717, 1.165) is 19.5 Å². The van der Waals surface area contributed by atoms with Gasteiger partial charge in [-0.05, 0) is 26.9 Å². The normalized spacial score (nSPS) is 32.2. The standard InChI is InChI=1S/C13H23N3O4/c1-9-7-14(2)4-3-5-15(9)13(20)16-8-10(17)6-11(16)12(18)19/h9-11,17H,3-8H2,1-2H3,(H,18,19)/t9?,10-,11-/m0/s1. The van der Waals surface area contributed by atoms with Gasteiger partial charge in [-0.25, -0.2) is 9.59 Å². The molecule has 1 unspecified atom stereocenters. The molecule has 7 nitrogen and oxygen atoms in total. The van der Waals surface area contributed by atoms with Gasteiger partial charge in [0.15, 0.2) is 0 Å². The molecule has 0 spiro atoms. The van der Waals surface area contributed by atoms with Gasteiger partial charge >= 0.3 is 12.0 Å². The Labute approximate surface area is 118 Å². The average molecular weight is 285 g/mol. The first-order valence-electron chi connectivity index (χ1n) is 7.06. The summed E-state index contributed by atoms with van der Waals surface area (Å²) in [5, 5.41) is 18.8. The van der Waals surface area contributed by atoms with Crippen LogP contribution in [-0.2, 0) is 4.79 Å². The number of hydrogen-bond donors (Lipinski definition) is 2. The molecule has 7 heteroatoms. The minimum absolute atomic E-state index is 0.0437. The Kier molecular flexibility index (Phi) is 4.49. The first kappa shape index (κ1) is 15.1. The second kappa shape index (κ2) is 5.97. The molecule has 2 aliphatic rings. The minimum atomic E-state index is -1.05. The SMILES string of the molecule is CC1CN(C)CCCN1C(=O)N1C[C@@H](O)C[C@H]1C(=O)O. The second-order valence-corrected chi connectivity index (χ2v) is 5.84. The van der Waals surface area contributed by atoms with Crippen LogP contribution in [-0.4, -0.2) is 88.3 Å². The van der Waals surface area contributed by atoms with Crippen LogP contribution in [0, 0.1) is 0 Å². The predicted molar refractivity (Wildman–Crippen MR) is 72.4 cm³/mol. The summed E-state index contributed by atoms with van der Waals surface area (Å²) in [6.45, 7) is 4.42. The van der Waals surface area contributed by atoms with Crippen LogP contribution >= 0.6 is 0 Å². The van der Waals surface area contributed by atoms with Crippen LogP contribution in [0.5, 0.6) is 0 Å². The molecule has 2 N–H and O–H groups in total. The van der Waals surface area contributed by atoms with Gasteiger partial charge in [0.05, 0.1) is 6.10 Å². The molecule has 0 saturated carbocycles. The molecule has 20 heavy (non-hydrogen) atoms. The van der Waals surface area contributed by atoms with Crippen LogP contribution in [0.3, 0.4) is 0 Å². The number of carboxylic acid groups (broad SMARTS) is 1. The molecule has 2 aliphatic heterocycles. The summed E-state index contributed by atoms with van der Waals surface area (Å²) in [7, 11) is 2.02. The van der Waals surface area contributed by atoms with E-state index in [9.17, 15) is 19.8 Å². The number of aliphatic hydroxyl groups excluding tert-OH is 1. The average Bonchev–Trinajstić information content (AvgIpc) is 2.67. The zero-order valence-corrected chi connectivity index (χ0v) is 12.0. The molecule has 2 fully saturated rings.